The lowest BCUT2D eigenvalue weighted by Gasteiger charge is -2.42. The van der Waals surface area contributed by atoms with Crippen molar-refractivity contribution in [3.8, 4) is 0 Å². The number of imidazole rings is 1. The van der Waals surface area contributed by atoms with Gasteiger partial charge in [0.15, 0.2) is 5.82 Å². The predicted molar refractivity (Wildman–Crippen MR) is 106 cm³/mol. The summed E-state index contributed by atoms with van der Waals surface area (Å²) in [6.07, 6.45) is 4.33. The lowest BCUT2D eigenvalue weighted by atomic mass is 9.78. The van der Waals surface area contributed by atoms with Crippen LogP contribution in [0.3, 0.4) is 0 Å². The molecule has 2 aliphatic rings. The Kier molecular flexibility index (Phi) is 4.82. The third-order valence-corrected chi connectivity index (χ3v) is 5.85. The number of alkyl halides is 3. The Balaban J connectivity index is 1.67. The minimum absolute atomic E-state index is 0.151. The molecule has 0 amide bonds. The van der Waals surface area contributed by atoms with E-state index in [0.29, 0.717) is 17.2 Å². The number of halogens is 3. The number of anilines is 1. The van der Waals surface area contributed by atoms with Gasteiger partial charge in [0, 0.05) is 30.0 Å². The summed E-state index contributed by atoms with van der Waals surface area (Å²) >= 11 is 0. The Labute approximate surface area is 167 Å². The number of nitrogens with one attached hydrogen (secondary N) is 2. The zero-order valence-corrected chi connectivity index (χ0v) is 16.1. The SMILES string of the molecule is Cc1ccc(NC2=CC(N)(C3CCC(N)CC3)Nn3ccnc32)cc1C(F)(F)F. The quantitative estimate of drug-likeness (QED) is 0.627. The van der Waals surface area contributed by atoms with E-state index in [1.54, 1.807) is 23.1 Å². The smallest absolute Gasteiger partial charge is 0.353 e. The molecule has 0 saturated heterocycles. The Morgan fingerprint density at radius 3 is 2.66 bits per heavy atom. The highest BCUT2D eigenvalue weighted by Crippen LogP contribution is 2.37. The maximum atomic E-state index is 13.3. The van der Waals surface area contributed by atoms with Gasteiger partial charge < -0.3 is 22.2 Å². The molecule has 1 aromatic carbocycles. The second-order valence-corrected chi connectivity index (χ2v) is 7.99. The number of nitrogens with zero attached hydrogens (tertiary/aromatic N) is 2. The van der Waals surface area contributed by atoms with E-state index in [9.17, 15) is 13.2 Å². The zero-order valence-electron chi connectivity index (χ0n) is 16.1. The van der Waals surface area contributed by atoms with Gasteiger partial charge in [0.2, 0.25) is 0 Å². The van der Waals surface area contributed by atoms with Crippen molar-refractivity contribution in [3.63, 3.8) is 0 Å². The molecule has 1 saturated carbocycles. The van der Waals surface area contributed by atoms with Gasteiger partial charge in [0.1, 0.15) is 5.66 Å². The van der Waals surface area contributed by atoms with Crippen LogP contribution in [0.2, 0.25) is 0 Å². The number of aromatic nitrogens is 2. The van der Waals surface area contributed by atoms with Gasteiger partial charge in [0.05, 0.1) is 11.3 Å². The van der Waals surface area contributed by atoms with Crippen LogP contribution in [-0.2, 0) is 6.18 Å². The number of nitrogens with two attached hydrogens (primary N) is 2. The second-order valence-electron chi connectivity index (χ2n) is 7.99. The fourth-order valence-electron chi connectivity index (χ4n) is 4.20. The van der Waals surface area contributed by atoms with Crippen LogP contribution in [0.25, 0.3) is 5.70 Å². The van der Waals surface area contributed by atoms with Crippen molar-refractivity contribution in [3.05, 3.63) is 53.6 Å². The Morgan fingerprint density at radius 1 is 1.24 bits per heavy atom. The van der Waals surface area contributed by atoms with Gasteiger partial charge in [0.25, 0.3) is 0 Å². The van der Waals surface area contributed by atoms with E-state index in [-0.39, 0.29) is 17.5 Å². The van der Waals surface area contributed by atoms with Gasteiger partial charge in [-0.05, 0) is 56.4 Å². The second kappa shape index (κ2) is 7.07. The molecular weight excluding hydrogens is 381 g/mol. The van der Waals surface area contributed by atoms with Crippen molar-refractivity contribution in [1.29, 1.82) is 0 Å². The van der Waals surface area contributed by atoms with Crippen molar-refractivity contribution in [2.45, 2.75) is 50.5 Å². The summed E-state index contributed by atoms with van der Waals surface area (Å²) in [7, 11) is 0. The first-order valence-electron chi connectivity index (χ1n) is 9.70. The molecule has 1 fully saturated rings. The summed E-state index contributed by atoms with van der Waals surface area (Å²) in [5.74, 6) is 0.714. The van der Waals surface area contributed by atoms with Crippen molar-refractivity contribution in [2.75, 3.05) is 10.7 Å². The maximum absolute atomic E-state index is 13.3. The third-order valence-electron chi connectivity index (χ3n) is 5.85. The standard InChI is InChI=1S/C20H25F3N6/c1-12-2-7-15(10-16(12)20(21,22)23)27-17-11-19(25,13-3-5-14(24)6-4-13)28-29-9-8-26-18(17)29/h2,7-11,13-14,27-28H,3-6,24-25H2,1H3. The molecule has 6 nitrogen and oxygen atoms in total. The topological polar surface area (TPSA) is 93.9 Å². The van der Waals surface area contributed by atoms with Gasteiger partial charge in [-0.3, -0.25) is 0 Å². The first kappa shape index (κ1) is 19.8. The number of hydrogen-bond donors (Lipinski definition) is 4. The minimum Gasteiger partial charge on any atom is -0.353 e. The Morgan fingerprint density at radius 2 is 1.97 bits per heavy atom. The summed E-state index contributed by atoms with van der Waals surface area (Å²) in [6.45, 7) is 1.45. The highest BCUT2D eigenvalue weighted by Gasteiger charge is 2.39. The summed E-state index contributed by atoms with van der Waals surface area (Å²) in [4.78, 5) is 4.32. The predicted octanol–water partition coefficient (Wildman–Crippen LogP) is 3.39. The van der Waals surface area contributed by atoms with Crippen molar-refractivity contribution in [1.82, 2.24) is 9.66 Å². The molecule has 6 N–H and O–H groups in total. The number of fused-ring (bicyclic) bond motifs is 1. The summed E-state index contributed by atoms with van der Waals surface area (Å²) in [5, 5.41) is 3.10. The first-order chi connectivity index (χ1) is 13.7. The molecule has 1 aliphatic carbocycles. The number of hydrogen-bond acceptors (Lipinski definition) is 5. The molecule has 2 heterocycles. The Hall–Kier alpha value is -2.52. The summed E-state index contributed by atoms with van der Waals surface area (Å²) in [5.41, 5.74) is 15.6. The van der Waals surface area contributed by atoms with Gasteiger partial charge in [-0.25, -0.2) is 9.66 Å². The van der Waals surface area contributed by atoms with Crippen LogP contribution in [0.1, 0.15) is 42.6 Å². The van der Waals surface area contributed by atoms with Crippen LogP contribution in [0.4, 0.5) is 18.9 Å². The van der Waals surface area contributed by atoms with E-state index in [1.807, 2.05) is 6.08 Å². The molecule has 1 aliphatic heterocycles. The van der Waals surface area contributed by atoms with Crippen LogP contribution >= 0.6 is 0 Å². The molecule has 0 bridgehead atoms. The largest absolute Gasteiger partial charge is 0.416 e. The van der Waals surface area contributed by atoms with Crippen LogP contribution in [-0.4, -0.2) is 21.4 Å². The Bertz CT molecular complexity index is 927. The fourth-order valence-corrected chi connectivity index (χ4v) is 4.20. The average Bonchev–Trinajstić information content (AvgIpc) is 3.11. The molecule has 1 atom stereocenters. The number of benzene rings is 1. The van der Waals surface area contributed by atoms with Crippen molar-refractivity contribution >= 4 is 11.4 Å². The average molecular weight is 406 g/mol. The summed E-state index contributed by atoms with van der Waals surface area (Å²) in [6, 6.07) is 4.39. The van der Waals surface area contributed by atoms with Crippen LogP contribution in [0.15, 0.2) is 36.7 Å². The fraction of sp³-hybridized carbons (Fsp3) is 0.450. The van der Waals surface area contributed by atoms with E-state index >= 15 is 0 Å². The minimum atomic E-state index is -4.42. The van der Waals surface area contributed by atoms with E-state index in [2.05, 4.69) is 15.7 Å². The molecule has 156 valence electrons. The van der Waals surface area contributed by atoms with Crippen molar-refractivity contribution in [2.24, 2.45) is 17.4 Å². The zero-order chi connectivity index (χ0) is 20.8. The molecule has 9 heteroatoms. The van der Waals surface area contributed by atoms with Gasteiger partial charge in [-0.15, -0.1) is 0 Å². The third kappa shape index (κ3) is 3.84. The van der Waals surface area contributed by atoms with E-state index in [1.165, 1.54) is 13.0 Å². The van der Waals surface area contributed by atoms with Gasteiger partial charge in [-0.1, -0.05) is 6.07 Å². The monoisotopic (exact) mass is 406 g/mol. The van der Waals surface area contributed by atoms with E-state index in [4.69, 9.17) is 11.5 Å². The number of aryl methyl sites for hydroxylation is 1. The lowest BCUT2D eigenvalue weighted by Crippen LogP contribution is -2.58. The van der Waals surface area contributed by atoms with Crippen molar-refractivity contribution < 1.29 is 13.2 Å². The van der Waals surface area contributed by atoms with Crippen LogP contribution < -0.4 is 22.2 Å². The normalized spacial score (nSPS) is 27.0. The van der Waals surface area contributed by atoms with Crippen LogP contribution in [0, 0.1) is 12.8 Å². The maximum Gasteiger partial charge on any atom is 0.416 e. The molecule has 2 aromatic rings. The molecule has 0 spiro atoms. The molecule has 29 heavy (non-hydrogen) atoms. The van der Waals surface area contributed by atoms with Gasteiger partial charge >= 0.3 is 6.18 Å². The highest BCUT2D eigenvalue weighted by atomic mass is 19.4. The molecule has 1 unspecified atom stereocenters. The van der Waals surface area contributed by atoms with E-state index < -0.39 is 17.4 Å². The molecule has 0 radical (unpaired) electrons. The highest BCUT2D eigenvalue weighted by molar-refractivity contribution is 5.76. The lowest BCUT2D eigenvalue weighted by molar-refractivity contribution is -0.138. The number of rotatable bonds is 3. The molecular formula is C20H25F3N6. The first-order valence-corrected chi connectivity index (χ1v) is 9.70. The van der Waals surface area contributed by atoms with Gasteiger partial charge in [-0.2, -0.15) is 13.2 Å². The summed E-state index contributed by atoms with van der Waals surface area (Å²) < 4.78 is 41.6. The molecule has 4 rings (SSSR count). The van der Waals surface area contributed by atoms with Crippen LogP contribution in [0.5, 0.6) is 0 Å². The molecule has 1 aromatic heterocycles. The van der Waals surface area contributed by atoms with E-state index in [0.717, 1.165) is 31.7 Å².